The molecule has 1 aromatic heterocycles. The molecule has 2 N–H and O–H groups in total. The first-order valence-corrected chi connectivity index (χ1v) is 6.62. The number of aromatic nitrogens is 1. The summed E-state index contributed by atoms with van der Waals surface area (Å²) in [7, 11) is 1.52. The number of rotatable bonds is 4. The van der Waals surface area contributed by atoms with E-state index < -0.39 is 5.97 Å². The summed E-state index contributed by atoms with van der Waals surface area (Å²) in [5.74, 6) is -0.226. The molecule has 0 saturated carbocycles. The Morgan fingerprint density at radius 1 is 1.33 bits per heavy atom. The number of halogens is 1. The van der Waals surface area contributed by atoms with Crippen molar-refractivity contribution in [3.63, 3.8) is 0 Å². The molecule has 0 saturated heterocycles. The number of nitrogens with zero attached hydrogens (tertiary/aromatic N) is 1. The van der Waals surface area contributed by atoms with E-state index in [1.54, 1.807) is 31.2 Å². The lowest BCUT2D eigenvalue weighted by molar-refractivity contribution is 0.0697. The Morgan fingerprint density at radius 2 is 2.05 bits per heavy atom. The third kappa shape index (κ3) is 3.25. The second-order valence-electron chi connectivity index (χ2n) is 4.58. The number of methoxy groups -OCH3 is 1. The molecule has 2 rings (SSSR count). The van der Waals surface area contributed by atoms with Crippen molar-refractivity contribution >= 4 is 29.1 Å². The van der Waals surface area contributed by atoms with Crippen LogP contribution in [0, 0.1) is 13.8 Å². The minimum absolute atomic E-state index is 0.148. The van der Waals surface area contributed by atoms with Crippen LogP contribution >= 0.6 is 11.6 Å². The molecule has 2 aromatic rings. The number of hydrogen-bond donors (Lipinski definition) is 2. The molecule has 1 aromatic carbocycles. The number of pyridine rings is 1. The van der Waals surface area contributed by atoms with E-state index in [1.807, 2.05) is 6.92 Å². The van der Waals surface area contributed by atoms with Crippen molar-refractivity contribution in [2.24, 2.45) is 0 Å². The van der Waals surface area contributed by atoms with Crippen LogP contribution in [0.3, 0.4) is 0 Å². The van der Waals surface area contributed by atoms with E-state index in [-0.39, 0.29) is 5.56 Å². The number of hydrogen-bond acceptors (Lipinski definition) is 4. The monoisotopic (exact) mass is 306 g/mol. The lowest BCUT2D eigenvalue weighted by Gasteiger charge is -2.13. The largest absolute Gasteiger partial charge is 0.495 e. The summed E-state index contributed by atoms with van der Waals surface area (Å²) in [6.45, 7) is 3.55. The second-order valence-corrected chi connectivity index (χ2v) is 4.99. The Bertz CT molecular complexity index is 702. The number of carboxylic acid groups (broad SMARTS) is 1. The van der Waals surface area contributed by atoms with Crippen LogP contribution in [0.4, 0.5) is 11.5 Å². The van der Waals surface area contributed by atoms with Crippen molar-refractivity contribution < 1.29 is 14.6 Å². The number of carbonyl (C=O) groups is 1. The third-order valence-electron chi connectivity index (χ3n) is 2.97. The van der Waals surface area contributed by atoms with E-state index >= 15 is 0 Å². The third-order valence-corrected chi connectivity index (χ3v) is 3.28. The molecule has 0 radical (unpaired) electrons. The highest BCUT2D eigenvalue weighted by Crippen LogP contribution is 2.30. The van der Waals surface area contributed by atoms with Crippen LogP contribution in [0.1, 0.15) is 21.6 Å². The minimum atomic E-state index is -1.02. The van der Waals surface area contributed by atoms with Crippen LogP contribution in [0.15, 0.2) is 24.3 Å². The molecule has 0 unspecified atom stereocenters. The van der Waals surface area contributed by atoms with Gasteiger partial charge in [-0.3, -0.25) is 0 Å². The predicted molar refractivity (Wildman–Crippen MR) is 82.0 cm³/mol. The van der Waals surface area contributed by atoms with Crippen molar-refractivity contribution in [2.45, 2.75) is 13.8 Å². The molecular formula is C15H15ClN2O3. The average Bonchev–Trinajstić information content (AvgIpc) is 2.39. The maximum atomic E-state index is 11.4. The SMILES string of the molecule is COc1cc(Nc2nc(C)cc(C)c2C(=O)O)ccc1Cl. The van der Waals surface area contributed by atoms with Crippen molar-refractivity contribution in [1.82, 2.24) is 4.98 Å². The molecule has 0 aliphatic rings. The van der Waals surface area contributed by atoms with E-state index in [9.17, 15) is 9.90 Å². The van der Waals surface area contributed by atoms with Gasteiger partial charge in [0, 0.05) is 17.4 Å². The van der Waals surface area contributed by atoms with E-state index in [2.05, 4.69) is 10.3 Å². The Morgan fingerprint density at radius 3 is 2.67 bits per heavy atom. The van der Waals surface area contributed by atoms with Crippen molar-refractivity contribution in [2.75, 3.05) is 12.4 Å². The fraction of sp³-hybridized carbons (Fsp3) is 0.200. The number of aromatic carboxylic acids is 1. The van der Waals surface area contributed by atoms with Crippen LogP contribution in [-0.2, 0) is 0 Å². The first kappa shape index (κ1) is 15.1. The van der Waals surface area contributed by atoms with Gasteiger partial charge in [-0.05, 0) is 37.6 Å². The van der Waals surface area contributed by atoms with Gasteiger partial charge in [0.2, 0.25) is 0 Å². The summed E-state index contributed by atoms with van der Waals surface area (Å²) in [5.41, 5.74) is 2.19. The maximum Gasteiger partial charge on any atom is 0.339 e. The highest BCUT2D eigenvalue weighted by Gasteiger charge is 2.16. The van der Waals surface area contributed by atoms with Gasteiger partial charge < -0.3 is 15.2 Å². The molecule has 0 atom stereocenters. The Balaban J connectivity index is 2.46. The van der Waals surface area contributed by atoms with E-state index in [0.717, 1.165) is 5.69 Å². The summed E-state index contributed by atoms with van der Waals surface area (Å²) in [6.07, 6.45) is 0. The first-order valence-electron chi connectivity index (χ1n) is 6.24. The molecule has 0 bridgehead atoms. The molecule has 110 valence electrons. The molecule has 0 amide bonds. The van der Waals surface area contributed by atoms with Crippen LogP contribution in [0.25, 0.3) is 0 Å². The summed E-state index contributed by atoms with van der Waals surface area (Å²) in [5, 5.41) is 12.8. The molecule has 0 spiro atoms. The molecular weight excluding hydrogens is 292 g/mol. The fourth-order valence-corrected chi connectivity index (χ4v) is 2.27. The van der Waals surface area contributed by atoms with Gasteiger partial charge in [-0.15, -0.1) is 0 Å². The zero-order valence-corrected chi connectivity index (χ0v) is 12.7. The van der Waals surface area contributed by atoms with Gasteiger partial charge in [0.25, 0.3) is 0 Å². The normalized spacial score (nSPS) is 10.3. The molecule has 0 fully saturated rings. The van der Waals surface area contributed by atoms with Crippen LogP contribution in [0.2, 0.25) is 5.02 Å². The molecule has 1 heterocycles. The topological polar surface area (TPSA) is 71.5 Å². The number of carboxylic acids is 1. The van der Waals surface area contributed by atoms with Crippen LogP contribution in [0.5, 0.6) is 5.75 Å². The first-order chi connectivity index (χ1) is 9.92. The van der Waals surface area contributed by atoms with Gasteiger partial charge in [-0.1, -0.05) is 11.6 Å². The molecule has 6 heteroatoms. The highest BCUT2D eigenvalue weighted by molar-refractivity contribution is 6.32. The molecule has 21 heavy (non-hydrogen) atoms. The Kier molecular flexibility index (Phi) is 4.33. The highest BCUT2D eigenvalue weighted by atomic mass is 35.5. The standard InChI is InChI=1S/C15H15ClN2O3/c1-8-6-9(2)17-14(13(8)15(19)20)18-10-4-5-11(16)12(7-10)21-3/h4-7H,1-3H3,(H,17,18)(H,19,20). The molecule has 0 aliphatic carbocycles. The Hall–Kier alpha value is -2.27. The van der Waals surface area contributed by atoms with Gasteiger partial charge in [-0.25, -0.2) is 9.78 Å². The van der Waals surface area contributed by atoms with Gasteiger partial charge in [-0.2, -0.15) is 0 Å². The molecule has 5 nitrogen and oxygen atoms in total. The van der Waals surface area contributed by atoms with Crippen molar-refractivity contribution in [3.8, 4) is 5.75 Å². The quantitative estimate of drug-likeness (QED) is 0.899. The minimum Gasteiger partial charge on any atom is -0.495 e. The molecule has 0 aliphatic heterocycles. The van der Waals surface area contributed by atoms with Gasteiger partial charge >= 0.3 is 5.97 Å². The van der Waals surface area contributed by atoms with Crippen LogP contribution < -0.4 is 10.1 Å². The van der Waals surface area contributed by atoms with E-state index in [0.29, 0.717) is 27.8 Å². The van der Waals surface area contributed by atoms with Gasteiger partial charge in [0.1, 0.15) is 17.1 Å². The van der Waals surface area contributed by atoms with Crippen molar-refractivity contribution in [1.29, 1.82) is 0 Å². The lowest BCUT2D eigenvalue weighted by atomic mass is 10.1. The summed E-state index contributed by atoms with van der Waals surface area (Å²) < 4.78 is 5.14. The average molecular weight is 307 g/mol. The Labute approximate surface area is 127 Å². The second kappa shape index (κ2) is 6.01. The predicted octanol–water partition coefficient (Wildman–Crippen LogP) is 3.80. The van der Waals surface area contributed by atoms with Crippen molar-refractivity contribution in [3.05, 3.63) is 46.1 Å². The van der Waals surface area contributed by atoms with E-state index in [4.69, 9.17) is 16.3 Å². The van der Waals surface area contributed by atoms with Gasteiger partial charge in [0.15, 0.2) is 0 Å². The van der Waals surface area contributed by atoms with Crippen LogP contribution in [-0.4, -0.2) is 23.2 Å². The summed E-state index contributed by atoms with van der Waals surface area (Å²) in [4.78, 5) is 15.7. The maximum absolute atomic E-state index is 11.4. The zero-order valence-electron chi connectivity index (χ0n) is 11.9. The summed E-state index contributed by atoms with van der Waals surface area (Å²) in [6, 6.07) is 6.83. The number of anilines is 2. The summed E-state index contributed by atoms with van der Waals surface area (Å²) >= 11 is 5.97. The fourth-order valence-electron chi connectivity index (χ4n) is 2.07. The number of aryl methyl sites for hydroxylation is 2. The number of benzene rings is 1. The van der Waals surface area contributed by atoms with E-state index in [1.165, 1.54) is 7.11 Å². The lowest BCUT2D eigenvalue weighted by Crippen LogP contribution is -2.08. The number of ether oxygens (including phenoxy) is 1. The zero-order chi connectivity index (χ0) is 15.6. The smallest absolute Gasteiger partial charge is 0.339 e. The number of nitrogens with one attached hydrogen (secondary N) is 1. The van der Waals surface area contributed by atoms with Gasteiger partial charge in [0.05, 0.1) is 12.1 Å².